The Kier molecular flexibility index (Phi) is 25.4. The zero-order valence-electron chi connectivity index (χ0n) is 37.1. The number of benzene rings is 4. The Labute approximate surface area is 354 Å². The van der Waals surface area contributed by atoms with Gasteiger partial charge in [0, 0.05) is 11.5 Å². The molecule has 4 aromatic carbocycles. The number of carbonyl (C=O) groups excluding carboxylic acids is 3. The molecule has 5 atom stereocenters. The topological polar surface area (TPSA) is 130 Å². The van der Waals surface area contributed by atoms with Gasteiger partial charge in [-0.05, 0) is 97.4 Å². The maximum atomic E-state index is 10.8. The van der Waals surface area contributed by atoms with Crippen LogP contribution in [0, 0.1) is 26.7 Å². The van der Waals surface area contributed by atoms with Crippen molar-refractivity contribution in [2.45, 2.75) is 138 Å². The zero-order chi connectivity index (χ0) is 44.5. The van der Waals surface area contributed by atoms with Crippen LogP contribution in [0.3, 0.4) is 0 Å². The lowest BCUT2D eigenvalue weighted by Gasteiger charge is -2.39. The van der Waals surface area contributed by atoms with Gasteiger partial charge >= 0.3 is 0 Å². The molecule has 5 unspecified atom stereocenters. The maximum Gasteiger partial charge on any atom is 0.184 e. The minimum Gasteiger partial charge on any atom is -0.485 e. The Morgan fingerprint density at radius 1 is 0.695 bits per heavy atom. The van der Waals surface area contributed by atoms with Crippen molar-refractivity contribution in [3.05, 3.63) is 143 Å². The molecule has 59 heavy (non-hydrogen) atoms. The van der Waals surface area contributed by atoms with Crippen LogP contribution < -0.4 is 4.74 Å². The summed E-state index contributed by atoms with van der Waals surface area (Å²) < 4.78 is 10.7. The van der Waals surface area contributed by atoms with Crippen molar-refractivity contribution in [2.24, 2.45) is 5.92 Å². The molecule has 0 radical (unpaired) electrons. The summed E-state index contributed by atoms with van der Waals surface area (Å²) in [5.41, 5.74) is 7.11. The molecule has 3 N–H and O–H groups in total. The monoisotopic (exact) mass is 811 g/mol. The van der Waals surface area contributed by atoms with E-state index in [1.54, 1.807) is 32.9 Å². The fourth-order valence-corrected chi connectivity index (χ4v) is 5.79. The van der Waals surface area contributed by atoms with E-state index in [1.165, 1.54) is 55.4 Å². The van der Waals surface area contributed by atoms with Gasteiger partial charge in [0.2, 0.25) is 0 Å². The first kappa shape index (κ1) is 52.3. The minimum absolute atomic E-state index is 0.121. The van der Waals surface area contributed by atoms with Gasteiger partial charge in [-0.25, -0.2) is 0 Å². The highest BCUT2D eigenvalue weighted by molar-refractivity contribution is 5.93. The molecule has 1 saturated carbocycles. The lowest BCUT2D eigenvalue weighted by atomic mass is 9.87. The Morgan fingerprint density at radius 2 is 1.15 bits per heavy atom. The summed E-state index contributed by atoms with van der Waals surface area (Å²) in [5.74, 6) is 2.34. The van der Waals surface area contributed by atoms with Gasteiger partial charge in [-0.1, -0.05) is 153 Å². The van der Waals surface area contributed by atoms with Crippen LogP contribution in [0.2, 0.25) is 0 Å². The Bertz CT molecular complexity index is 1760. The number of carbonyl (C=O) groups is 3. The zero-order valence-corrected chi connectivity index (χ0v) is 37.1. The number of aliphatic hydroxyl groups excluding tert-OH is 3. The molecule has 1 aliphatic heterocycles. The van der Waals surface area contributed by atoms with Crippen LogP contribution in [0.15, 0.2) is 110 Å². The van der Waals surface area contributed by atoms with E-state index in [1.807, 2.05) is 55.5 Å². The van der Waals surface area contributed by atoms with Gasteiger partial charge in [0.05, 0.1) is 6.10 Å². The van der Waals surface area contributed by atoms with Gasteiger partial charge in [0.15, 0.2) is 18.2 Å². The van der Waals surface area contributed by atoms with Gasteiger partial charge in [0.25, 0.3) is 0 Å². The number of ether oxygens (including phenoxy) is 2. The van der Waals surface area contributed by atoms with Crippen molar-refractivity contribution in [1.29, 1.82) is 0 Å². The highest BCUT2D eigenvalue weighted by Crippen LogP contribution is 2.25. The third-order valence-electron chi connectivity index (χ3n) is 9.51. The van der Waals surface area contributed by atoms with Crippen LogP contribution in [-0.4, -0.2) is 63.4 Å². The molecule has 4 aromatic rings. The fraction of sp³-hybridized carbons (Fsp3) is 0.431. The smallest absolute Gasteiger partial charge is 0.184 e. The van der Waals surface area contributed by atoms with Gasteiger partial charge in [0.1, 0.15) is 29.5 Å². The SMILES string of the molecule is C=Cc1ccc(C)cc1.CC(=O)C1CCCCC1.CC(=O)c1ccccc1.CC(C)=O.Cc1ccc(C(C)C)cc1.Cc1ccc(OC2C(C)OC(O)C(O)C2O)cc1. The van der Waals surface area contributed by atoms with E-state index in [4.69, 9.17) is 9.47 Å². The summed E-state index contributed by atoms with van der Waals surface area (Å²) in [6.07, 6.45) is 2.85. The number of aliphatic hydroxyl groups is 3. The van der Waals surface area contributed by atoms with Crippen molar-refractivity contribution in [1.82, 2.24) is 0 Å². The first-order chi connectivity index (χ1) is 27.9. The molecule has 1 aliphatic carbocycles. The minimum atomic E-state index is -1.38. The normalized spacial score (nSPS) is 19.4. The lowest BCUT2D eigenvalue weighted by Crippen LogP contribution is -2.58. The molecule has 8 heteroatoms. The van der Waals surface area contributed by atoms with Crippen LogP contribution in [0.4, 0.5) is 0 Å². The number of Topliss-reactive ketones (excluding diaryl/α,β-unsaturated/α-hetero) is 3. The molecular weight excluding hydrogens is 741 g/mol. The van der Waals surface area contributed by atoms with E-state index < -0.39 is 30.7 Å². The van der Waals surface area contributed by atoms with E-state index in [2.05, 4.69) is 82.8 Å². The molecule has 1 heterocycles. The van der Waals surface area contributed by atoms with Gasteiger partial charge in [-0.3, -0.25) is 9.59 Å². The molecular formula is C51H70O8. The van der Waals surface area contributed by atoms with E-state index in [0.717, 1.165) is 24.0 Å². The number of hydrogen-bond donors (Lipinski definition) is 3. The van der Waals surface area contributed by atoms with Crippen molar-refractivity contribution >= 4 is 23.4 Å². The van der Waals surface area contributed by atoms with Crippen LogP contribution >= 0.6 is 0 Å². The first-order valence-electron chi connectivity index (χ1n) is 20.6. The molecule has 8 nitrogen and oxygen atoms in total. The highest BCUT2D eigenvalue weighted by Gasteiger charge is 2.43. The van der Waals surface area contributed by atoms with Gasteiger partial charge in [-0.2, -0.15) is 0 Å². The van der Waals surface area contributed by atoms with Crippen molar-refractivity contribution in [2.75, 3.05) is 0 Å². The van der Waals surface area contributed by atoms with Crippen LogP contribution in [0.1, 0.15) is 125 Å². The van der Waals surface area contributed by atoms with Gasteiger partial charge < -0.3 is 29.6 Å². The maximum absolute atomic E-state index is 10.8. The molecule has 0 amide bonds. The lowest BCUT2D eigenvalue weighted by molar-refractivity contribution is -0.273. The summed E-state index contributed by atoms with van der Waals surface area (Å²) in [6, 6.07) is 33.6. The van der Waals surface area contributed by atoms with E-state index >= 15 is 0 Å². The van der Waals surface area contributed by atoms with E-state index in [9.17, 15) is 29.7 Å². The molecule has 0 spiro atoms. The Hall–Kier alpha value is -4.73. The van der Waals surface area contributed by atoms with Crippen LogP contribution in [0.25, 0.3) is 6.08 Å². The average Bonchev–Trinajstić information content (AvgIpc) is 3.21. The largest absolute Gasteiger partial charge is 0.485 e. The summed E-state index contributed by atoms with van der Waals surface area (Å²) in [4.78, 5) is 30.9. The second kappa shape index (κ2) is 28.7. The van der Waals surface area contributed by atoms with E-state index in [0.29, 0.717) is 23.4 Å². The van der Waals surface area contributed by atoms with Crippen molar-refractivity contribution in [3.63, 3.8) is 0 Å². The predicted molar refractivity (Wildman–Crippen MR) is 241 cm³/mol. The predicted octanol–water partition coefficient (Wildman–Crippen LogP) is 10.6. The van der Waals surface area contributed by atoms with Crippen LogP contribution in [-0.2, 0) is 14.3 Å². The second-order valence-electron chi connectivity index (χ2n) is 15.6. The molecule has 2 fully saturated rings. The van der Waals surface area contributed by atoms with Crippen molar-refractivity contribution in [3.8, 4) is 5.75 Å². The number of hydrogen-bond acceptors (Lipinski definition) is 8. The van der Waals surface area contributed by atoms with Gasteiger partial charge in [-0.15, -0.1) is 0 Å². The highest BCUT2D eigenvalue weighted by atomic mass is 16.6. The standard InChI is InChI=1S/C13H18O5.C10H14.C9H10.C8H14O.C8H8O.C3H6O/c1-7-3-5-9(6-4-7)18-12-8(2)17-13(16)11(15)10(12)14;1-8(2)10-6-4-9(3)5-7-10;1-3-9-6-4-8(2)5-7-9;2*1-7(9)8-5-3-2-4-6-8;1-3(2)4/h3-6,8,10-16H,1-2H3;4-8H,1-3H3;3-7H,1H2,2H3;8H,2-6H2,1H3;2-6H,1H3;1-2H3. The molecule has 0 aromatic heterocycles. The summed E-state index contributed by atoms with van der Waals surface area (Å²) in [7, 11) is 0. The third kappa shape index (κ3) is 22.3. The molecule has 322 valence electrons. The Morgan fingerprint density at radius 3 is 1.54 bits per heavy atom. The third-order valence-corrected chi connectivity index (χ3v) is 9.51. The quantitative estimate of drug-likeness (QED) is 0.164. The fourth-order valence-electron chi connectivity index (χ4n) is 5.79. The number of ketones is 3. The molecule has 1 saturated heterocycles. The summed E-state index contributed by atoms with van der Waals surface area (Å²) in [5, 5.41) is 28.8. The first-order valence-corrected chi connectivity index (χ1v) is 20.6. The Balaban J connectivity index is 0.000000372. The van der Waals surface area contributed by atoms with Crippen LogP contribution in [0.5, 0.6) is 5.75 Å². The summed E-state index contributed by atoms with van der Waals surface area (Å²) in [6.45, 7) is 22.3. The molecule has 0 bridgehead atoms. The molecule has 6 rings (SSSR count). The summed E-state index contributed by atoms with van der Waals surface area (Å²) >= 11 is 0. The second-order valence-corrected chi connectivity index (χ2v) is 15.6. The van der Waals surface area contributed by atoms with E-state index in [-0.39, 0.29) is 11.6 Å². The van der Waals surface area contributed by atoms with Crippen molar-refractivity contribution < 1.29 is 39.2 Å². The average molecular weight is 811 g/mol. The molecule has 2 aliphatic rings. The number of rotatable bonds is 6. The number of aryl methyl sites for hydroxylation is 3.